The number of carbonyl (C=O) groups excluding carboxylic acids is 1. The number of benzene rings is 1. The molecule has 1 N–H and O–H groups in total. The first-order valence-corrected chi connectivity index (χ1v) is 7.49. The summed E-state index contributed by atoms with van der Waals surface area (Å²) in [7, 11) is 0. The Kier molecular flexibility index (Phi) is 5.11. The molecule has 0 spiro atoms. The van der Waals surface area contributed by atoms with Gasteiger partial charge in [0.2, 0.25) is 0 Å². The molecule has 0 bridgehead atoms. The lowest BCUT2D eigenvalue weighted by Gasteiger charge is -2.05. The lowest BCUT2D eigenvalue weighted by molar-refractivity contribution is 0.0955. The van der Waals surface area contributed by atoms with Gasteiger partial charge in [-0.15, -0.1) is 11.3 Å². The first-order valence-electron chi connectivity index (χ1n) is 5.54. The molecule has 0 saturated carbocycles. The highest BCUT2D eigenvalue weighted by Crippen LogP contribution is 2.30. The molecule has 0 saturated heterocycles. The summed E-state index contributed by atoms with van der Waals surface area (Å²) in [4.78, 5) is 11.9. The van der Waals surface area contributed by atoms with Crippen LogP contribution in [0.5, 0.6) is 0 Å². The van der Waals surface area contributed by atoms with E-state index in [1.165, 1.54) is 11.3 Å². The summed E-state index contributed by atoms with van der Waals surface area (Å²) in [6.45, 7) is 0.517. The summed E-state index contributed by atoms with van der Waals surface area (Å²) in [5.41, 5.74) is 1.49. The van der Waals surface area contributed by atoms with E-state index in [9.17, 15) is 4.79 Å². The molecule has 1 heterocycles. The molecular formula is C13H10Cl3NOS. The van der Waals surface area contributed by atoms with E-state index >= 15 is 0 Å². The minimum absolute atomic E-state index is 0.213. The van der Waals surface area contributed by atoms with Crippen LogP contribution in [0.2, 0.25) is 13.7 Å². The van der Waals surface area contributed by atoms with Crippen LogP contribution in [0.1, 0.15) is 15.9 Å². The Bertz CT molecular complexity index is 597. The van der Waals surface area contributed by atoms with Gasteiger partial charge in [0.25, 0.3) is 5.91 Å². The summed E-state index contributed by atoms with van der Waals surface area (Å²) in [6.07, 6.45) is 0.710. The Labute approximate surface area is 130 Å². The second-order valence-corrected chi connectivity index (χ2v) is 6.60. The van der Waals surface area contributed by atoms with E-state index < -0.39 is 0 Å². The second kappa shape index (κ2) is 6.62. The average Bonchev–Trinajstić information content (AvgIpc) is 2.68. The van der Waals surface area contributed by atoms with Gasteiger partial charge in [-0.05, 0) is 30.2 Å². The molecule has 2 nitrogen and oxygen atoms in total. The molecule has 100 valence electrons. The number of nitrogens with one attached hydrogen (secondary N) is 1. The summed E-state index contributed by atoms with van der Waals surface area (Å²) in [5, 5.41) is 3.49. The van der Waals surface area contributed by atoms with E-state index in [0.717, 1.165) is 5.56 Å². The number of rotatable bonds is 4. The van der Waals surface area contributed by atoms with Gasteiger partial charge >= 0.3 is 0 Å². The van der Waals surface area contributed by atoms with E-state index in [1.54, 1.807) is 6.07 Å². The topological polar surface area (TPSA) is 29.1 Å². The Morgan fingerprint density at radius 1 is 1.21 bits per heavy atom. The van der Waals surface area contributed by atoms with Crippen LogP contribution in [0.25, 0.3) is 0 Å². The van der Waals surface area contributed by atoms with Crippen molar-refractivity contribution in [1.82, 2.24) is 5.32 Å². The van der Waals surface area contributed by atoms with Crippen molar-refractivity contribution in [3.05, 3.63) is 55.2 Å². The van der Waals surface area contributed by atoms with Crippen molar-refractivity contribution in [3.8, 4) is 0 Å². The summed E-state index contributed by atoms with van der Waals surface area (Å²) in [6, 6.07) is 9.11. The van der Waals surface area contributed by atoms with Crippen LogP contribution in [0.15, 0.2) is 30.3 Å². The van der Waals surface area contributed by atoms with E-state index in [2.05, 4.69) is 5.32 Å². The molecule has 0 radical (unpaired) electrons. The molecule has 19 heavy (non-hydrogen) atoms. The third-order valence-electron chi connectivity index (χ3n) is 2.49. The van der Waals surface area contributed by atoms with Gasteiger partial charge in [0, 0.05) is 11.6 Å². The van der Waals surface area contributed by atoms with Gasteiger partial charge in [-0.3, -0.25) is 4.79 Å². The molecule has 0 aliphatic rings. The van der Waals surface area contributed by atoms with Crippen molar-refractivity contribution in [3.63, 3.8) is 0 Å². The lowest BCUT2D eigenvalue weighted by atomic mass is 10.1. The molecule has 2 rings (SSSR count). The normalized spacial score (nSPS) is 10.5. The molecule has 1 aromatic heterocycles. The Hall–Kier alpha value is -0.740. The van der Waals surface area contributed by atoms with Crippen molar-refractivity contribution < 1.29 is 4.79 Å². The fraction of sp³-hybridized carbons (Fsp3) is 0.154. The quantitative estimate of drug-likeness (QED) is 0.864. The van der Waals surface area contributed by atoms with Crippen molar-refractivity contribution in [1.29, 1.82) is 0 Å². The number of hydrogen-bond acceptors (Lipinski definition) is 2. The smallest absolute Gasteiger partial charge is 0.253 e. The van der Waals surface area contributed by atoms with Crippen LogP contribution in [0, 0.1) is 0 Å². The maximum Gasteiger partial charge on any atom is 0.253 e. The van der Waals surface area contributed by atoms with Gasteiger partial charge in [-0.1, -0.05) is 46.9 Å². The van der Waals surface area contributed by atoms with E-state index in [1.807, 2.05) is 24.3 Å². The molecule has 0 atom stereocenters. The molecule has 0 aliphatic carbocycles. The monoisotopic (exact) mass is 333 g/mol. The number of carbonyl (C=O) groups is 1. The molecule has 6 heteroatoms. The second-order valence-electron chi connectivity index (χ2n) is 3.87. The van der Waals surface area contributed by atoms with Gasteiger partial charge in [0.1, 0.15) is 4.34 Å². The SMILES string of the molecule is O=C(NCCc1cccc(Cl)c1)c1cc(Cl)sc1Cl. The maximum absolute atomic E-state index is 11.9. The van der Waals surface area contributed by atoms with Gasteiger partial charge in [-0.2, -0.15) is 0 Å². The Balaban J connectivity index is 1.89. The van der Waals surface area contributed by atoms with Crippen LogP contribution in [0.4, 0.5) is 0 Å². The third-order valence-corrected chi connectivity index (χ3v) is 4.21. The van der Waals surface area contributed by atoms with Gasteiger partial charge in [0.05, 0.1) is 9.90 Å². The van der Waals surface area contributed by atoms with Crippen LogP contribution >= 0.6 is 46.1 Å². The molecule has 1 amide bonds. The zero-order valence-electron chi connectivity index (χ0n) is 9.75. The molecule has 1 aromatic carbocycles. The van der Waals surface area contributed by atoms with E-state index in [0.29, 0.717) is 32.2 Å². The Morgan fingerprint density at radius 2 is 2.00 bits per heavy atom. The number of thiophene rings is 1. The fourth-order valence-corrected chi connectivity index (χ4v) is 3.27. The molecule has 0 unspecified atom stereocenters. The predicted molar refractivity (Wildman–Crippen MR) is 81.8 cm³/mol. The minimum Gasteiger partial charge on any atom is -0.352 e. The van der Waals surface area contributed by atoms with Crippen molar-refractivity contribution in [2.24, 2.45) is 0 Å². The Morgan fingerprint density at radius 3 is 2.63 bits per heavy atom. The standard InChI is InChI=1S/C13H10Cl3NOS/c14-9-3-1-2-8(6-9)4-5-17-13(18)10-7-11(15)19-12(10)16/h1-3,6-7H,4-5H2,(H,17,18). The van der Waals surface area contributed by atoms with Gasteiger partial charge in [0.15, 0.2) is 0 Å². The van der Waals surface area contributed by atoms with Gasteiger partial charge < -0.3 is 5.32 Å². The van der Waals surface area contributed by atoms with Gasteiger partial charge in [-0.25, -0.2) is 0 Å². The molecular weight excluding hydrogens is 325 g/mol. The van der Waals surface area contributed by atoms with Crippen molar-refractivity contribution >= 4 is 52.0 Å². The maximum atomic E-state index is 11.9. The highest BCUT2D eigenvalue weighted by atomic mass is 35.5. The lowest BCUT2D eigenvalue weighted by Crippen LogP contribution is -2.25. The number of halogens is 3. The highest BCUT2D eigenvalue weighted by Gasteiger charge is 2.13. The summed E-state index contributed by atoms with van der Waals surface area (Å²) >= 11 is 18.8. The van der Waals surface area contributed by atoms with Crippen molar-refractivity contribution in [2.75, 3.05) is 6.54 Å². The number of hydrogen-bond donors (Lipinski definition) is 1. The largest absolute Gasteiger partial charge is 0.352 e. The van der Waals surface area contributed by atoms with Crippen molar-refractivity contribution in [2.45, 2.75) is 6.42 Å². The summed E-state index contributed by atoms with van der Waals surface area (Å²) in [5.74, 6) is -0.213. The van der Waals surface area contributed by atoms with Crippen LogP contribution in [-0.4, -0.2) is 12.5 Å². The van der Waals surface area contributed by atoms with Crippen LogP contribution in [0.3, 0.4) is 0 Å². The van der Waals surface area contributed by atoms with E-state index in [-0.39, 0.29) is 5.91 Å². The molecule has 0 fully saturated rings. The number of amides is 1. The molecule has 0 aliphatic heterocycles. The summed E-state index contributed by atoms with van der Waals surface area (Å²) < 4.78 is 0.912. The zero-order valence-corrected chi connectivity index (χ0v) is 12.8. The molecule has 2 aromatic rings. The van der Waals surface area contributed by atoms with Crippen LogP contribution < -0.4 is 5.32 Å². The average molecular weight is 335 g/mol. The first-order chi connectivity index (χ1) is 9.06. The van der Waals surface area contributed by atoms with Crippen LogP contribution in [-0.2, 0) is 6.42 Å². The first kappa shape index (κ1) is 14.7. The zero-order chi connectivity index (χ0) is 13.8. The highest BCUT2D eigenvalue weighted by molar-refractivity contribution is 7.20. The third kappa shape index (κ3) is 4.11. The van der Waals surface area contributed by atoms with E-state index in [4.69, 9.17) is 34.8 Å². The minimum atomic E-state index is -0.213. The fourth-order valence-electron chi connectivity index (χ4n) is 1.60. The predicted octanol–water partition coefficient (Wildman–Crippen LogP) is 4.68.